The highest BCUT2D eigenvalue weighted by molar-refractivity contribution is 5.82. The number of methoxy groups -OCH3 is 1. The monoisotopic (exact) mass is 450 g/mol. The summed E-state index contributed by atoms with van der Waals surface area (Å²) < 4.78 is 20.2. The molecule has 172 valence electrons. The van der Waals surface area contributed by atoms with Crippen LogP contribution in [-0.2, 0) is 11.2 Å². The van der Waals surface area contributed by atoms with Gasteiger partial charge in [-0.15, -0.1) is 5.10 Å². The van der Waals surface area contributed by atoms with Crippen molar-refractivity contribution in [1.29, 1.82) is 0 Å². The Morgan fingerprint density at radius 3 is 2.82 bits per heavy atom. The lowest BCUT2D eigenvalue weighted by molar-refractivity contribution is -0.125. The fourth-order valence-corrected chi connectivity index (χ4v) is 4.10. The van der Waals surface area contributed by atoms with Gasteiger partial charge >= 0.3 is 0 Å². The molecule has 1 aliphatic rings. The van der Waals surface area contributed by atoms with Crippen molar-refractivity contribution in [3.63, 3.8) is 0 Å². The van der Waals surface area contributed by atoms with Crippen molar-refractivity contribution in [3.05, 3.63) is 77.9 Å². The lowest BCUT2D eigenvalue weighted by Gasteiger charge is -2.22. The number of para-hydroxylation sites is 1. The molecule has 33 heavy (non-hydrogen) atoms. The standard InChI is InChI=1S/C24H27FN6O2/c1-33-23-7-3-2-5-19(23)6-4-14-30-16-21(31-17-27-28-29-31)15-22(30)24(32)26-13-12-18-8-10-20(25)11-9-18/h2-11,17,21-22H,12-16H2,1H3,(H,26,32)/t21-,22-/m0/s1. The van der Waals surface area contributed by atoms with Gasteiger partial charge in [-0.05, 0) is 47.0 Å². The second-order valence-corrected chi connectivity index (χ2v) is 7.96. The molecule has 2 atom stereocenters. The maximum absolute atomic E-state index is 13.1. The Hall–Kier alpha value is -3.59. The zero-order valence-corrected chi connectivity index (χ0v) is 18.5. The van der Waals surface area contributed by atoms with E-state index in [2.05, 4.69) is 25.7 Å². The van der Waals surface area contributed by atoms with Gasteiger partial charge in [-0.1, -0.05) is 42.5 Å². The van der Waals surface area contributed by atoms with E-state index in [0.717, 1.165) is 16.9 Å². The fourth-order valence-electron chi connectivity index (χ4n) is 4.10. The van der Waals surface area contributed by atoms with Gasteiger partial charge in [0.05, 0.1) is 19.2 Å². The molecule has 4 rings (SSSR count). The molecule has 8 nitrogen and oxygen atoms in total. The molecule has 0 saturated carbocycles. The van der Waals surface area contributed by atoms with Crippen molar-refractivity contribution >= 4 is 12.0 Å². The van der Waals surface area contributed by atoms with Gasteiger partial charge in [-0.25, -0.2) is 9.07 Å². The third kappa shape index (κ3) is 5.81. The van der Waals surface area contributed by atoms with Gasteiger partial charge in [0.1, 0.15) is 17.9 Å². The molecular formula is C24H27FN6O2. The normalized spacial score (nSPS) is 18.6. The average Bonchev–Trinajstić information content (AvgIpc) is 3.51. The molecule has 0 bridgehead atoms. The number of halogens is 1. The number of ether oxygens (including phenoxy) is 1. The van der Waals surface area contributed by atoms with E-state index in [1.807, 2.05) is 36.4 Å². The quantitative estimate of drug-likeness (QED) is 0.539. The van der Waals surface area contributed by atoms with Crippen molar-refractivity contribution in [3.8, 4) is 5.75 Å². The number of carbonyl (C=O) groups is 1. The van der Waals surface area contributed by atoms with Crippen LogP contribution in [0.3, 0.4) is 0 Å². The van der Waals surface area contributed by atoms with Gasteiger partial charge in [0.2, 0.25) is 5.91 Å². The summed E-state index contributed by atoms with van der Waals surface area (Å²) in [6, 6.07) is 13.9. The van der Waals surface area contributed by atoms with E-state index in [1.165, 1.54) is 12.1 Å². The number of aromatic nitrogens is 4. The molecule has 2 aromatic carbocycles. The molecule has 0 aliphatic carbocycles. The van der Waals surface area contributed by atoms with Crippen LogP contribution in [0.15, 0.2) is 60.9 Å². The highest BCUT2D eigenvalue weighted by Gasteiger charge is 2.37. The van der Waals surface area contributed by atoms with Crippen LogP contribution in [0.4, 0.5) is 4.39 Å². The molecule has 1 fully saturated rings. The van der Waals surface area contributed by atoms with E-state index in [-0.39, 0.29) is 23.8 Å². The van der Waals surface area contributed by atoms with Gasteiger partial charge in [0.25, 0.3) is 0 Å². The summed E-state index contributed by atoms with van der Waals surface area (Å²) in [5.74, 6) is 0.509. The highest BCUT2D eigenvalue weighted by atomic mass is 19.1. The van der Waals surface area contributed by atoms with Crippen LogP contribution in [0.5, 0.6) is 5.75 Å². The minimum atomic E-state index is -0.297. The Bertz CT molecular complexity index is 1070. The van der Waals surface area contributed by atoms with Crippen LogP contribution in [0.1, 0.15) is 23.6 Å². The van der Waals surface area contributed by atoms with E-state index in [1.54, 1.807) is 30.3 Å². The van der Waals surface area contributed by atoms with E-state index >= 15 is 0 Å². The van der Waals surface area contributed by atoms with Gasteiger partial charge in [-0.2, -0.15) is 0 Å². The topological polar surface area (TPSA) is 85.2 Å². The van der Waals surface area contributed by atoms with Gasteiger partial charge in [0.15, 0.2) is 0 Å². The van der Waals surface area contributed by atoms with E-state index in [9.17, 15) is 9.18 Å². The Morgan fingerprint density at radius 2 is 2.06 bits per heavy atom. The number of hydrogen-bond acceptors (Lipinski definition) is 6. The summed E-state index contributed by atoms with van der Waals surface area (Å²) >= 11 is 0. The van der Waals surface area contributed by atoms with Crippen LogP contribution in [0.2, 0.25) is 0 Å². The first-order chi connectivity index (χ1) is 16.1. The molecule has 0 unspecified atom stereocenters. The largest absolute Gasteiger partial charge is 0.496 e. The summed E-state index contributed by atoms with van der Waals surface area (Å²) in [6.45, 7) is 1.76. The molecule has 3 aromatic rings. The first-order valence-electron chi connectivity index (χ1n) is 10.9. The predicted molar refractivity (Wildman–Crippen MR) is 122 cm³/mol. The minimum absolute atomic E-state index is 0.0208. The average molecular weight is 451 g/mol. The zero-order valence-electron chi connectivity index (χ0n) is 18.5. The highest BCUT2D eigenvalue weighted by Crippen LogP contribution is 2.27. The number of hydrogen-bond donors (Lipinski definition) is 1. The van der Waals surface area contributed by atoms with Gasteiger partial charge in [-0.3, -0.25) is 9.69 Å². The Labute approximate surface area is 192 Å². The molecule has 1 aromatic heterocycles. The van der Waals surface area contributed by atoms with Crippen molar-refractivity contribution in [2.75, 3.05) is 26.7 Å². The Morgan fingerprint density at radius 1 is 1.24 bits per heavy atom. The molecule has 0 radical (unpaired) electrons. The number of likely N-dealkylation sites (tertiary alicyclic amines) is 1. The summed E-state index contributed by atoms with van der Waals surface area (Å²) in [4.78, 5) is 15.2. The first-order valence-corrected chi connectivity index (χ1v) is 10.9. The summed E-state index contributed by atoms with van der Waals surface area (Å²) in [5.41, 5.74) is 1.96. The number of tetrazole rings is 1. The molecule has 1 aliphatic heterocycles. The van der Waals surface area contributed by atoms with Crippen molar-refractivity contribution in [2.45, 2.75) is 24.9 Å². The fraction of sp³-hybridized carbons (Fsp3) is 0.333. The zero-order chi connectivity index (χ0) is 23.0. The number of nitrogens with one attached hydrogen (secondary N) is 1. The third-order valence-corrected chi connectivity index (χ3v) is 5.83. The van der Waals surface area contributed by atoms with Gasteiger partial charge < -0.3 is 10.1 Å². The summed E-state index contributed by atoms with van der Waals surface area (Å²) in [5, 5.41) is 14.5. The van der Waals surface area contributed by atoms with Crippen LogP contribution >= 0.6 is 0 Å². The summed E-state index contributed by atoms with van der Waals surface area (Å²) in [7, 11) is 1.65. The Balaban J connectivity index is 1.39. The van der Waals surface area contributed by atoms with Crippen molar-refractivity contribution < 1.29 is 13.9 Å². The van der Waals surface area contributed by atoms with E-state index in [0.29, 0.717) is 32.5 Å². The van der Waals surface area contributed by atoms with Crippen molar-refractivity contribution in [2.24, 2.45) is 0 Å². The first kappa shape index (κ1) is 22.6. The smallest absolute Gasteiger partial charge is 0.237 e. The molecular weight excluding hydrogens is 423 g/mol. The molecule has 1 saturated heterocycles. The number of amides is 1. The Kier molecular flexibility index (Phi) is 7.41. The molecule has 2 heterocycles. The van der Waals surface area contributed by atoms with Crippen LogP contribution in [0.25, 0.3) is 6.08 Å². The van der Waals surface area contributed by atoms with Crippen LogP contribution in [0, 0.1) is 5.82 Å². The predicted octanol–water partition coefficient (Wildman–Crippen LogP) is 2.51. The molecule has 1 N–H and O–H groups in total. The number of benzene rings is 2. The number of carbonyl (C=O) groups excluding carboxylic acids is 1. The molecule has 9 heteroatoms. The van der Waals surface area contributed by atoms with Crippen LogP contribution in [-0.4, -0.2) is 63.8 Å². The lowest BCUT2D eigenvalue weighted by Crippen LogP contribution is -2.43. The molecule has 0 spiro atoms. The van der Waals surface area contributed by atoms with Crippen molar-refractivity contribution in [1.82, 2.24) is 30.4 Å². The van der Waals surface area contributed by atoms with E-state index in [4.69, 9.17) is 4.74 Å². The second-order valence-electron chi connectivity index (χ2n) is 7.96. The minimum Gasteiger partial charge on any atom is -0.496 e. The number of rotatable bonds is 9. The van der Waals surface area contributed by atoms with Crippen LogP contribution < -0.4 is 10.1 Å². The number of nitrogens with zero attached hydrogens (tertiary/aromatic N) is 5. The maximum Gasteiger partial charge on any atom is 0.237 e. The maximum atomic E-state index is 13.1. The van der Waals surface area contributed by atoms with E-state index < -0.39 is 0 Å². The summed E-state index contributed by atoms with van der Waals surface area (Å²) in [6.07, 6.45) is 6.90. The second kappa shape index (κ2) is 10.8. The third-order valence-electron chi connectivity index (χ3n) is 5.83. The molecule has 1 amide bonds. The van der Waals surface area contributed by atoms with Gasteiger partial charge in [0, 0.05) is 25.2 Å². The lowest BCUT2D eigenvalue weighted by atomic mass is 10.1. The SMILES string of the molecule is COc1ccccc1C=CCN1C[C@@H](n2cnnn2)C[C@H]1C(=O)NCCc1ccc(F)cc1.